The second-order valence-electron chi connectivity index (χ2n) is 4.09. The van der Waals surface area contributed by atoms with Gasteiger partial charge in [0.2, 0.25) is 0 Å². The number of halogens is 1. The van der Waals surface area contributed by atoms with Gasteiger partial charge in [-0.2, -0.15) is 0 Å². The molecule has 0 unspecified atom stereocenters. The maximum atomic E-state index is 5.84. The fourth-order valence-corrected chi connectivity index (χ4v) is 1.72. The minimum Gasteiger partial charge on any atom is -0.100 e. The molecule has 0 bridgehead atoms. The number of allylic oxidation sites excluding steroid dienone is 2. The van der Waals surface area contributed by atoms with Crippen molar-refractivity contribution in [1.82, 2.24) is 0 Å². The van der Waals surface area contributed by atoms with Gasteiger partial charge in [-0.1, -0.05) is 42.8 Å². The fourth-order valence-electron chi connectivity index (χ4n) is 1.59. The lowest BCUT2D eigenvalue weighted by atomic mass is 9.91. The summed E-state index contributed by atoms with van der Waals surface area (Å²) in [6, 6.07) is 7.82. The van der Waals surface area contributed by atoms with Gasteiger partial charge in [0.15, 0.2) is 0 Å². The van der Waals surface area contributed by atoms with Gasteiger partial charge in [-0.25, -0.2) is 0 Å². The molecule has 1 aromatic rings. The molecule has 0 heterocycles. The molecule has 80 valence electrons. The fraction of sp³-hybridized carbons (Fsp3) is 0.286. The van der Waals surface area contributed by atoms with Gasteiger partial charge in [0, 0.05) is 5.02 Å². The Morgan fingerprint density at radius 3 is 2.27 bits per heavy atom. The van der Waals surface area contributed by atoms with E-state index in [0.29, 0.717) is 5.92 Å². The molecule has 0 radical (unpaired) electrons. The van der Waals surface area contributed by atoms with Crippen LogP contribution < -0.4 is 0 Å². The molecule has 0 spiro atoms. The van der Waals surface area contributed by atoms with Crippen LogP contribution >= 0.6 is 11.6 Å². The SMILES string of the molecule is C=C(C)C[C@H](C)C(=C)c1ccc(Cl)cc1. The Morgan fingerprint density at radius 2 is 1.80 bits per heavy atom. The Bertz CT molecular complexity index is 359. The van der Waals surface area contributed by atoms with Crippen molar-refractivity contribution in [3.05, 3.63) is 53.6 Å². The van der Waals surface area contributed by atoms with Crippen LogP contribution in [0.4, 0.5) is 0 Å². The second-order valence-corrected chi connectivity index (χ2v) is 4.53. The monoisotopic (exact) mass is 220 g/mol. The standard InChI is InChI=1S/C14H17Cl/c1-10(2)9-11(3)12(4)13-5-7-14(15)8-6-13/h5-8,11H,1,4,9H2,2-3H3/t11-/m0/s1. The average molecular weight is 221 g/mol. The lowest BCUT2D eigenvalue weighted by molar-refractivity contribution is 0.739. The first-order valence-corrected chi connectivity index (χ1v) is 5.47. The molecule has 0 nitrogen and oxygen atoms in total. The minimum atomic E-state index is 0.434. The number of rotatable bonds is 4. The van der Waals surface area contributed by atoms with Crippen LogP contribution in [0.25, 0.3) is 5.57 Å². The van der Waals surface area contributed by atoms with E-state index in [4.69, 9.17) is 11.6 Å². The van der Waals surface area contributed by atoms with Gasteiger partial charge in [-0.15, -0.1) is 6.58 Å². The van der Waals surface area contributed by atoms with E-state index >= 15 is 0 Å². The molecule has 0 saturated carbocycles. The van der Waals surface area contributed by atoms with E-state index in [0.717, 1.165) is 22.6 Å². The van der Waals surface area contributed by atoms with E-state index in [-0.39, 0.29) is 0 Å². The van der Waals surface area contributed by atoms with Crippen molar-refractivity contribution in [3.8, 4) is 0 Å². The van der Waals surface area contributed by atoms with Gasteiger partial charge < -0.3 is 0 Å². The van der Waals surface area contributed by atoms with Crippen molar-refractivity contribution in [1.29, 1.82) is 0 Å². The molecule has 0 fully saturated rings. The third-order valence-electron chi connectivity index (χ3n) is 2.46. The van der Waals surface area contributed by atoms with Gasteiger partial charge in [0.1, 0.15) is 0 Å². The summed E-state index contributed by atoms with van der Waals surface area (Å²) in [5.74, 6) is 0.434. The van der Waals surface area contributed by atoms with Crippen LogP contribution in [0.15, 0.2) is 43.0 Å². The van der Waals surface area contributed by atoms with Gasteiger partial charge >= 0.3 is 0 Å². The van der Waals surface area contributed by atoms with Crippen LogP contribution in [-0.2, 0) is 0 Å². The maximum Gasteiger partial charge on any atom is 0.0406 e. The van der Waals surface area contributed by atoms with Gasteiger partial charge in [-0.3, -0.25) is 0 Å². The highest BCUT2D eigenvalue weighted by Gasteiger charge is 2.08. The Balaban J connectivity index is 2.76. The van der Waals surface area contributed by atoms with E-state index in [1.807, 2.05) is 31.2 Å². The van der Waals surface area contributed by atoms with Gasteiger partial charge in [-0.05, 0) is 42.5 Å². The summed E-state index contributed by atoms with van der Waals surface area (Å²) in [7, 11) is 0. The molecule has 1 aromatic carbocycles. The number of hydrogen-bond donors (Lipinski definition) is 0. The minimum absolute atomic E-state index is 0.434. The molecule has 0 amide bonds. The molecule has 0 aromatic heterocycles. The number of benzene rings is 1. The van der Waals surface area contributed by atoms with Crippen LogP contribution in [0.1, 0.15) is 25.8 Å². The van der Waals surface area contributed by atoms with Crippen LogP contribution in [0.5, 0.6) is 0 Å². The first kappa shape index (κ1) is 12.1. The smallest absolute Gasteiger partial charge is 0.0406 e. The van der Waals surface area contributed by atoms with Crippen LogP contribution in [0, 0.1) is 5.92 Å². The summed E-state index contributed by atoms with van der Waals surface area (Å²) in [5, 5.41) is 0.763. The lowest BCUT2D eigenvalue weighted by Gasteiger charge is -2.15. The highest BCUT2D eigenvalue weighted by molar-refractivity contribution is 6.30. The molecule has 0 aliphatic heterocycles. The highest BCUT2D eigenvalue weighted by Crippen LogP contribution is 2.26. The van der Waals surface area contributed by atoms with E-state index < -0.39 is 0 Å². The van der Waals surface area contributed by atoms with Crippen molar-refractivity contribution in [2.75, 3.05) is 0 Å². The van der Waals surface area contributed by atoms with Crippen molar-refractivity contribution < 1.29 is 0 Å². The molecule has 0 N–H and O–H groups in total. The first-order chi connectivity index (χ1) is 7.00. The third kappa shape index (κ3) is 3.56. The number of hydrogen-bond acceptors (Lipinski definition) is 0. The molecule has 0 aliphatic carbocycles. The summed E-state index contributed by atoms with van der Waals surface area (Å²) >= 11 is 5.84. The zero-order valence-electron chi connectivity index (χ0n) is 9.39. The average Bonchev–Trinajstić information content (AvgIpc) is 2.17. The van der Waals surface area contributed by atoms with Gasteiger partial charge in [0.05, 0.1) is 0 Å². The summed E-state index contributed by atoms with van der Waals surface area (Å²) in [6.45, 7) is 12.3. The normalized spacial score (nSPS) is 12.2. The van der Waals surface area contributed by atoms with Crippen LogP contribution in [0.3, 0.4) is 0 Å². The molecule has 15 heavy (non-hydrogen) atoms. The Morgan fingerprint density at radius 1 is 1.27 bits per heavy atom. The zero-order chi connectivity index (χ0) is 11.4. The van der Waals surface area contributed by atoms with E-state index in [9.17, 15) is 0 Å². The highest BCUT2D eigenvalue weighted by atomic mass is 35.5. The maximum absolute atomic E-state index is 5.84. The summed E-state index contributed by atoms with van der Waals surface area (Å²) in [4.78, 5) is 0. The summed E-state index contributed by atoms with van der Waals surface area (Å²) in [6.07, 6.45) is 0.988. The molecule has 1 rings (SSSR count). The van der Waals surface area contributed by atoms with Gasteiger partial charge in [0.25, 0.3) is 0 Å². The third-order valence-corrected chi connectivity index (χ3v) is 2.72. The molecule has 0 aliphatic rings. The molecule has 1 atom stereocenters. The van der Waals surface area contributed by atoms with Crippen molar-refractivity contribution >= 4 is 17.2 Å². The quantitative estimate of drug-likeness (QED) is 0.630. The van der Waals surface area contributed by atoms with E-state index in [1.165, 1.54) is 5.57 Å². The predicted octanol–water partition coefficient (Wildman–Crippen LogP) is 4.96. The Hall–Kier alpha value is -1.01. The van der Waals surface area contributed by atoms with Crippen molar-refractivity contribution in [3.63, 3.8) is 0 Å². The van der Waals surface area contributed by atoms with E-state index in [1.54, 1.807) is 0 Å². The predicted molar refractivity (Wildman–Crippen MR) is 69.1 cm³/mol. The molecular weight excluding hydrogens is 204 g/mol. The second kappa shape index (κ2) is 5.18. The zero-order valence-corrected chi connectivity index (χ0v) is 10.1. The Kier molecular flexibility index (Phi) is 4.16. The van der Waals surface area contributed by atoms with Crippen molar-refractivity contribution in [2.24, 2.45) is 5.92 Å². The Labute approximate surface area is 97.3 Å². The van der Waals surface area contributed by atoms with Crippen LogP contribution in [0.2, 0.25) is 5.02 Å². The first-order valence-electron chi connectivity index (χ1n) is 5.10. The summed E-state index contributed by atoms with van der Waals surface area (Å²) in [5.41, 5.74) is 3.50. The molecule has 0 saturated heterocycles. The summed E-state index contributed by atoms with van der Waals surface area (Å²) < 4.78 is 0. The lowest BCUT2D eigenvalue weighted by Crippen LogP contribution is -1.98. The van der Waals surface area contributed by atoms with Crippen LogP contribution in [-0.4, -0.2) is 0 Å². The van der Waals surface area contributed by atoms with E-state index in [2.05, 4.69) is 20.1 Å². The topological polar surface area (TPSA) is 0 Å². The van der Waals surface area contributed by atoms with Crippen molar-refractivity contribution in [2.45, 2.75) is 20.3 Å². The molecule has 1 heteroatoms. The largest absolute Gasteiger partial charge is 0.100 e. The molecular formula is C14H17Cl.